The second-order valence-electron chi connectivity index (χ2n) is 5.97. The van der Waals surface area contributed by atoms with Crippen LogP contribution in [-0.4, -0.2) is 11.2 Å². The summed E-state index contributed by atoms with van der Waals surface area (Å²) in [6, 6.07) is 0. The molecule has 0 aromatic carbocycles. The van der Waals surface area contributed by atoms with E-state index in [4.69, 9.17) is 0 Å². The minimum Gasteiger partial charge on any atom is -0.393 e. The molecule has 0 aliphatic heterocycles. The molecule has 1 heteroatoms. The number of aliphatic hydroxyl groups excluding tert-OH is 1. The quantitative estimate of drug-likeness (QED) is 0.607. The van der Waals surface area contributed by atoms with Crippen molar-refractivity contribution >= 4 is 0 Å². The summed E-state index contributed by atoms with van der Waals surface area (Å²) >= 11 is 0. The van der Waals surface area contributed by atoms with Crippen LogP contribution >= 0.6 is 0 Å². The summed E-state index contributed by atoms with van der Waals surface area (Å²) in [5, 5.41) is 9.99. The molecule has 13 heavy (non-hydrogen) atoms. The zero-order chi connectivity index (χ0) is 9.43. The number of hydrogen-bond acceptors (Lipinski definition) is 1. The van der Waals surface area contributed by atoms with Crippen LogP contribution in [0.25, 0.3) is 0 Å². The molecule has 3 aliphatic rings. The molecule has 1 N–H and O–H groups in total. The highest BCUT2D eigenvalue weighted by Gasteiger charge is 2.83. The third kappa shape index (κ3) is 0.587. The van der Waals surface area contributed by atoms with Gasteiger partial charge < -0.3 is 5.11 Å². The highest BCUT2D eigenvalue weighted by molar-refractivity contribution is 5.31. The van der Waals surface area contributed by atoms with Gasteiger partial charge in [0.2, 0.25) is 0 Å². The lowest BCUT2D eigenvalue weighted by molar-refractivity contribution is 0.123. The second-order valence-corrected chi connectivity index (χ2v) is 5.97. The molecule has 0 radical (unpaired) electrons. The van der Waals surface area contributed by atoms with E-state index in [1.54, 1.807) is 0 Å². The molecular weight excluding hydrogens is 160 g/mol. The van der Waals surface area contributed by atoms with Gasteiger partial charge in [-0.15, -0.1) is 0 Å². The van der Waals surface area contributed by atoms with E-state index in [1.807, 2.05) is 0 Å². The molecule has 74 valence electrons. The van der Waals surface area contributed by atoms with Gasteiger partial charge in [0, 0.05) is 0 Å². The number of hydrogen-bond donors (Lipinski definition) is 1. The van der Waals surface area contributed by atoms with Crippen molar-refractivity contribution in [2.75, 3.05) is 0 Å². The maximum atomic E-state index is 9.99. The van der Waals surface area contributed by atoms with Crippen molar-refractivity contribution in [2.24, 2.45) is 28.6 Å². The van der Waals surface area contributed by atoms with Crippen molar-refractivity contribution in [3.8, 4) is 0 Å². The minimum absolute atomic E-state index is 0.0164. The Balaban J connectivity index is 2.06. The van der Waals surface area contributed by atoms with E-state index >= 15 is 0 Å². The molecule has 3 unspecified atom stereocenters. The van der Waals surface area contributed by atoms with Gasteiger partial charge >= 0.3 is 0 Å². The van der Waals surface area contributed by atoms with Gasteiger partial charge in [-0.25, -0.2) is 0 Å². The molecule has 1 spiro atoms. The standard InChI is InChI=1S/C12H20O/c1-7-4-5-11(3)10-9(13)6-8(2)12(7,10)11/h7-10,13H,4-6H2,1-3H3/t7-,8-,9+,10?,11?,12?/m0/s1. The largest absolute Gasteiger partial charge is 0.393 e. The van der Waals surface area contributed by atoms with E-state index in [2.05, 4.69) is 20.8 Å². The predicted molar refractivity (Wildman–Crippen MR) is 52.2 cm³/mol. The monoisotopic (exact) mass is 180 g/mol. The second kappa shape index (κ2) is 1.98. The molecule has 3 rings (SSSR count). The molecule has 3 fully saturated rings. The lowest BCUT2D eigenvalue weighted by Crippen LogP contribution is -2.20. The Hall–Kier alpha value is -0.0400. The molecule has 3 saturated carbocycles. The van der Waals surface area contributed by atoms with Gasteiger partial charge in [-0.1, -0.05) is 20.8 Å². The van der Waals surface area contributed by atoms with Crippen molar-refractivity contribution in [1.82, 2.24) is 0 Å². The van der Waals surface area contributed by atoms with Crippen molar-refractivity contribution in [3.05, 3.63) is 0 Å². The van der Waals surface area contributed by atoms with Crippen LogP contribution in [0, 0.1) is 28.6 Å². The Morgan fingerprint density at radius 3 is 2.46 bits per heavy atom. The van der Waals surface area contributed by atoms with E-state index < -0.39 is 0 Å². The Morgan fingerprint density at radius 1 is 1.23 bits per heavy atom. The molecule has 3 aliphatic carbocycles. The maximum Gasteiger partial charge on any atom is 0.0582 e. The highest BCUT2D eigenvalue weighted by Crippen LogP contribution is 2.86. The molecule has 0 bridgehead atoms. The van der Waals surface area contributed by atoms with Crippen molar-refractivity contribution < 1.29 is 5.11 Å². The smallest absolute Gasteiger partial charge is 0.0582 e. The predicted octanol–water partition coefficient (Wildman–Crippen LogP) is 2.44. The molecular formula is C12H20O. The lowest BCUT2D eigenvalue weighted by Gasteiger charge is -2.25. The van der Waals surface area contributed by atoms with Crippen molar-refractivity contribution in [1.29, 1.82) is 0 Å². The van der Waals surface area contributed by atoms with Gasteiger partial charge in [0.1, 0.15) is 0 Å². The van der Waals surface area contributed by atoms with E-state index in [0.29, 0.717) is 16.7 Å². The van der Waals surface area contributed by atoms with Crippen molar-refractivity contribution in [3.63, 3.8) is 0 Å². The van der Waals surface area contributed by atoms with Crippen molar-refractivity contribution in [2.45, 2.75) is 46.1 Å². The van der Waals surface area contributed by atoms with Crippen LogP contribution in [0.1, 0.15) is 40.0 Å². The summed E-state index contributed by atoms with van der Waals surface area (Å²) in [6.07, 6.45) is 3.83. The van der Waals surface area contributed by atoms with Gasteiger partial charge in [-0.3, -0.25) is 0 Å². The van der Waals surface area contributed by atoms with Crippen LogP contribution in [0.15, 0.2) is 0 Å². The topological polar surface area (TPSA) is 20.2 Å². The van der Waals surface area contributed by atoms with Crippen LogP contribution in [0.5, 0.6) is 0 Å². The molecule has 0 saturated heterocycles. The molecule has 0 amide bonds. The van der Waals surface area contributed by atoms with Gasteiger partial charge in [-0.05, 0) is 47.8 Å². The first-order valence-corrected chi connectivity index (χ1v) is 5.73. The van der Waals surface area contributed by atoms with Crippen LogP contribution in [0.3, 0.4) is 0 Å². The maximum absolute atomic E-state index is 9.99. The highest BCUT2D eigenvalue weighted by atomic mass is 16.3. The number of fused-ring (bicyclic) bond motifs is 1. The fraction of sp³-hybridized carbons (Fsp3) is 1.00. The summed E-state index contributed by atoms with van der Waals surface area (Å²) in [6.45, 7) is 7.18. The number of rotatable bonds is 0. The summed E-state index contributed by atoms with van der Waals surface area (Å²) < 4.78 is 0. The Labute approximate surface area is 80.5 Å². The van der Waals surface area contributed by atoms with E-state index in [9.17, 15) is 5.11 Å². The first-order valence-electron chi connectivity index (χ1n) is 5.73. The first-order chi connectivity index (χ1) is 6.05. The fourth-order valence-electron chi connectivity index (χ4n) is 5.57. The summed E-state index contributed by atoms with van der Waals surface area (Å²) in [7, 11) is 0. The van der Waals surface area contributed by atoms with E-state index in [1.165, 1.54) is 12.8 Å². The van der Waals surface area contributed by atoms with E-state index in [0.717, 1.165) is 18.3 Å². The summed E-state index contributed by atoms with van der Waals surface area (Å²) in [5.74, 6) is 2.27. The summed E-state index contributed by atoms with van der Waals surface area (Å²) in [4.78, 5) is 0. The zero-order valence-electron chi connectivity index (χ0n) is 8.88. The lowest BCUT2D eigenvalue weighted by atomic mass is 9.79. The van der Waals surface area contributed by atoms with Gasteiger partial charge in [0.15, 0.2) is 0 Å². The average Bonchev–Trinajstić information content (AvgIpc) is 2.35. The van der Waals surface area contributed by atoms with Crippen LogP contribution in [0.2, 0.25) is 0 Å². The molecule has 0 heterocycles. The normalized spacial score (nSPS) is 69.2. The molecule has 1 nitrogen and oxygen atoms in total. The minimum atomic E-state index is 0.0164. The van der Waals surface area contributed by atoms with E-state index in [-0.39, 0.29) is 6.10 Å². The molecule has 0 aromatic rings. The first kappa shape index (κ1) is 8.28. The summed E-state index contributed by atoms with van der Waals surface area (Å²) in [5.41, 5.74) is 1.07. The van der Waals surface area contributed by atoms with Gasteiger partial charge in [0.25, 0.3) is 0 Å². The molecule has 6 atom stereocenters. The third-order valence-electron chi connectivity index (χ3n) is 5.81. The zero-order valence-corrected chi connectivity index (χ0v) is 8.88. The van der Waals surface area contributed by atoms with Gasteiger partial charge in [-0.2, -0.15) is 0 Å². The SMILES string of the molecule is C[C@H]1CCC2(C)C3[C@H](O)C[C@H](C)C312. The van der Waals surface area contributed by atoms with Gasteiger partial charge in [0.05, 0.1) is 6.10 Å². The van der Waals surface area contributed by atoms with Crippen LogP contribution < -0.4 is 0 Å². The third-order valence-corrected chi connectivity index (χ3v) is 5.81. The van der Waals surface area contributed by atoms with Crippen LogP contribution in [0.4, 0.5) is 0 Å². The van der Waals surface area contributed by atoms with Crippen LogP contribution in [-0.2, 0) is 0 Å². The average molecular weight is 180 g/mol. The molecule has 0 aromatic heterocycles. The number of aliphatic hydroxyl groups is 1. The Bertz CT molecular complexity index is 262. The Kier molecular flexibility index (Phi) is 1.26. The Morgan fingerprint density at radius 2 is 1.92 bits per heavy atom. The fourth-order valence-corrected chi connectivity index (χ4v) is 5.57.